The van der Waals surface area contributed by atoms with Gasteiger partial charge in [0.15, 0.2) is 5.69 Å². The average Bonchev–Trinajstić information content (AvgIpc) is 2.46. The minimum atomic E-state index is -1.03. The van der Waals surface area contributed by atoms with Gasteiger partial charge in [0.2, 0.25) is 0 Å². The van der Waals surface area contributed by atoms with E-state index in [1.165, 1.54) is 6.20 Å². The molecule has 19 heavy (non-hydrogen) atoms. The van der Waals surface area contributed by atoms with Gasteiger partial charge in [-0.3, -0.25) is 4.98 Å². The molecule has 0 aliphatic rings. The maximum absolute atomic E-state index is 11.2. The molecule has 0 saturated heterocycles. The molecule has 0 bridgehead atoms. The third kappa shape index (κ3) is 2.04. The fourth-order valence-corrected chi connectivity index (χ4v) is 2.05. The van der Waals surface area contributed by atoms with E-state index >= 15 is 0 Å². The van der Waals surface area contributed by atoms with Crippen LogP contribution in [0.1, 0.15) is 10.5 Å². The van der Waals surface area contributed by atoms with Gasteiger partial charge in [-0.25, -0.2) is 9.78 Å². The molecule has 3 rings (SSSR count). The highest BCUT2D eigenvalue weighted by Gasteiger charge is 2.12. The largest absolute Gasteiger partial charge is 0.476 e. The highest BCUT2D eigenvalue weighted by atomic mass is 16.4. The number of hydrogen-bond donors (Lipinski definition) is 1. The zero-order valence-corrected chi connectivity index (χ0v) is 9.95. The number of hydrogen-bond acceptors (Lipinski definition) is 3. The van der Waals surface area contributed by atoms with Gasteiger partial charge in [0, 0.05) is 23.3 Å². The Hall–Kier alpha value is -2.75. The van der Waals surface area contributed by atoms with Crippen molar-refractivity contribution in [1.82, 2.24) is 9.97 Å². The molecule has 0 aliphatic heterocycles. The fraction of sp³-hybridized carbons (Fsp3) is 0. The lowest BCUT2D eigenvalue weighted by Gasteiger charge is -2.06. The molecule has 0 saturated carbocycles. The van der Waals surface area contributed by atoms with Crippen LogP contribution in [-0.2, 0) is 0 Å². The van der Waals surface area contributed by atoms with Crippen LogP contribution in [0.15, 0.2) is 54.9 Å². The summed E-state index contributed by atoms with van der Waals surface area (Å²) in [6.07, 6.45) is 3.21. The first-order valence-electron chi connectivity index (χ1n) is 5.79. The summed E-state index contributed by atoms with van der Waals surface area (Å²) in [5.74, 6) is -1.03. The van der Waals surface area contributed by atoms with E-state index in [2.05, 4.69) is 9.97 Å². The molecule has 0 spiro atoms. The van der Waals surface area contributed by atoms with Crippen molar-refractivity contribution in [3.8, 4) is 11.1 Å². The third-order valence-electron chi connectivity index (χ3n) is 2.92. The first-order chi connectivity index (χ1) is 9.25. The minimum absolute atomic E-state index is 0.0609. The zero-order valence-electron chi connectivity index (χ0n) is 9.95. The van der Waals surface area contributed by atoms with Gasteiger partial charge in [0.25, 0.3) is 0 Å². The second-order valence-corrected chi connectivity index (χ2v) is 4.12. The van der Waals surface area contributed by atoms with E-state index in [9.17, 15) is 4.79 Å². The molecule has 0 radical (unpaired) electrons. The fourth-order valence-electron chi connectivity index (χ4n) is 2.05. The smallest absolute Gasteiger partial charge is 0.355 e. The van der Waals surface area contributed by atoms with Crippen molar-refractivity contribution in [1.29, 1.82) is 0 Å². The number of carboxylic acid groups (broad SMARTS) is 1. The van der Waals surface area contributed by atoms with E-state index in [1.54, 1.807) is 18.3 Å². The van der Waals surface area contributed by atoms with E-state index in [-0.39, 0.29) is 5.69 Å². The van der Waals surface area contributed by atoms with Gasteiger partial charge in [0.1, 0.15) is 0 Å². The monoisotopic (exact) mass is 250 g/mol. The van der Waals surface area contributed by atoms with Crippen molar-refractivity contribution in [2.75, 3.05) is 0 Å². The third-order valence-corrected chi connectivity index (χ3v) is 2.92. The molecule has 1 N–H and O–H groups in total. The molecule has 1 aromatic carbocycles. The molecular formula is C15H10N2O2. The molecular weight excluding hydrogens is 240 g/mol. The Morgan fingerprint density at radius 3 is 2.63 bits per heavy atom. The molecule has 0 unspecified atom stereocenters. The SMILES string of the molecule is O=C(O)c1ncccc1-c1ccc2ncccc2c1. The number of carbonyl (C=O) groups is 1. The number of pyridine rings is 2. The van der Waals surface area contributed by atoms with Gasteiger partial charge in [-0.05, 0) is 29.8 Å². The summed E-state index contributed by atoms with van der Waals surface area (Å²) in [4.78, 5) is 19.3. The quantitative estimate of drug-likeness (QED) is 0.759. The van der Waals surface area contributed by atoms with Gasteiger partial charge in [-0.1, -0.05) is 18.2 Å². The number of benzene rings is 1. The standard InChI is InChI=1S/C15H10N2O2/c18-15(19)14-12(4-2-8-17-14)10-5-6-13-11(9-10)3-1-7-16-13/h1-9H,(H,18,19). The first kappa shape index (κ1) is 11.3. The van der Waals surface area contributed by atoms with Crippen LogP contribution in [0.4, 0.5) is 0 Å². The lowest BCUT2D eigenvalue weighted by Crippen LogP contribution is -2.02. The van der Waals surface area contributed by atoms with Crippen LogP contribution in [0.5, 0.6) is 0 Å². The zero-order chi connectivity index (χ0) is 13.2. The van der Waals surface area contributed by atoms with Crippen molar-refractivity contribution in [3.63, 3.8) is 0 Å². The van der Waals surface area contributed by atoms with Crippen LogP contribution < -0.4 is 0 Å². The number of rotatable bonds is 2. The number of aromatic nitrogens is 2. The highest BCUT2D eigenvalue weighted by Crippen LogP contribution is 2.25. The van der Waals surface area contributed by atoms with Crippen LogP contribution in [-0.4, -0.2) is 21.0 Å². The predicted molar refractivity (Wildman–Crippen MR) is 71.9 cm³/mol. The predicted octanol–water partition coefficient (Wildman–Crippen LogP) is 3.00. The number of fused-ring (bicyclic) bond motifs is 1. The average molecular weight is 250 g/mol. The van der Waals surface area contributed by atoms with Crippen LogP contribution in [0, 0.1) is 0 Å². The van der Waals surface area contributed by atoms with E-state index in [1.807, 2.05) is 30.3 Å². The summed E-state index contributed by atoms with van der Waals surface area (Å²) in [5, 5.41) is 10.1. The molecule has 2 heterocycles. The van der Waals surface area contributed by atoms with E-state index in [0.717, 1.165) is 16.5 Å². The second kappa shape index (κ2) is 4.49. The van der Waals surface area contributed by atoms with Crippen LogP contribution in [0.2, 0.25) is 0 Å². The number of aromatic carboxylic acids is 1. The molecule has 4 nitrogen and oxygen atoms in total. The van der Waals surface area contributed by atoms with Gasteiger partial charge < -0.3 is 5.11 Å². The summed E-state index contributed by atoms with van der Waals surface area (Å²) >= 11 is 0. The molecule has 0 amide bonds. The molecule has 4 heteroatoms. The number of carboxylic acids is 1. The molecule has 0 aliphatic carbocycles. The van der Waals surface area contributed by atoms with Crippen molar-refractivity contribution in [2.45, 2.75) is 0 Å². The lowest BCUT2D eigenvalue weighted by molar-refractivity contribution is 0.0691. The first-order valence-corrected chi connectivity index (χ1v) is 5.79. The summed E-state index contributed by atoms with van der Waals surface area (Å²) < 4.78 is 0. The van der Waals surface area contributed by atoms with E-state index in [4.69, 9.17) is 5.11 Å². The van der Waals surface area contributed by atoms with Crippen LogP contribution >= 0.6 is 0 Å². The second-order valence-electron chi connectivity index (χ2n) is 4.12. The normalized spacial score (nSPS) is 10.5. The molecule has 0 fully saturated rings. The summed E-state index contributed by atoms with van der Waals surface area (Å²) in [6.45, 7) is 0. The van der Waals surface area contributed by atoms with E-state index < -0.39 is 5.97 Å². The molecule has 3 aromatic rings. The summed E-state index contributed by atoms with van der Waals surface area (Å²) in [7, 11) is 0. The van der Waals surface area contributed by atoms with Crippen molar-refractivity contribution >= 4 is 16.9 Å². The summed E-state index contributed by atoms with van der Waals surface area (Å²) in [6, 6.07) is 13.0. The Labute approximate surface area is 109 Å². The molecule has 92 valence electrons. The Morgan fingerprint density at radius 1 is 1.00 bits per heavy atom. The summed E-state index contributed by atoms with van der Waals surface area (Å²) in [5.41, 5.74) is 2.38. The number of nitrogens with zero attached hydrogens (tertiary/aromatic N) is 2. The van der Waals surface area contributed by atoms with Crippen LogP contribution in [0.3, 0.4) is 0 Å². The van der Waals surface area contributed by atoms with Gasteiger partial charge in [-0.15, -0.1) is 0 Å². The van der Waals surface area contributed by atoms with Crippen molar-refractivity contribution in [3.05, 3.63) is 60.6 Å². The maximum atomic E-state index is 11.2. The Morgan fingerprint density at radius 2 is 1.79 bits per heavy atom. The molecule has 2 aromatic heterocycles. The van der Waals surface area contributed by atoms with Crippen LogP contribution in [0.25, 0.3) is 22.0 Å². The molecule has 0 atom stereocenters. The highest BCUT2D eigenvalue weighted by molar-refractivity contribution is 5.95. The Kier molecular flexibility index (Phi) is 2.68. The van der Waals surface area contributed by atoms with Crippen molar-refractivity contribution < 1.29 is 9.90 Å². The Bertz CT molecular complexity index is 769. The topological polar surface area (TPSA) is 63.1 Å². The van der Waals surface area contributed by atoms with Crippen molar-refractivity contribution in [2.24, 2.45) is 0 Å². The van der Waals surface area contributed by atoms with Gasteiger partial charge in [-0.2, -0.15) is 0 Å². The Balaban J connectivity index is 2.22. The maximum Gasteiger partial charge on any atom is 0.355 e. The van der Waals surface area contributed by atoms with Gasteiger partial charge in [0.05, 0.1) is 5.52 Å². The minimum Gasteiger partial charge on any atom is -0.476 e. The van der Waals surface area contributed by atoms with E-state index in [0.29, 0.717) is 5.56 Å². The van der Waals surface area contributed by atoms with Gasteiger partial charge >= 0.3 is 5.97 Å². The lowest BCUT2D eigenvalue weighted by atomic mass is 10.0.